The van der Waals surface area contributed by atoms with E-state index in [9.17, 15) is 5.11 Å². The van der Waals surface area contributed by atoms with E-state index < -0.39 is 0 Å². The van der Waals surface area contributed by atoms with Gasteiger partial charge < -0.3 is 5.11 Å². The summed E-state index contributed by atoms with van der Waals surface area (Å²) in [6, 6.07) is 0. The van der Waals surface area contributed by atoms with Crippen LogP contribution in [-0.4, -0.2) is 22.7 Å². The highest BCUT2D eigenvalue weighted by molar-refractivity contribution is 7.99. The fraction of sp³-hybridized carbons (Fsp3) is 1.00. The molecule has 1 rings (SSSR count). The molecule has 0 heterocycles. The summed E-state index contributed by atoms with van der Waals surface area (Å²) >= 11 is 1.92. The highest BCUT2D eigenvalue weighted by atomic mass is 32.2. The average molecular weight is 230 g/mol. The molecule has 1 saturated carbocycles. The van der Waals surface area contributed by atoms with Gasteiger partial charge in [-0.05, 0) is 30.4 Å². The number of aliphatic hydroxyl groups is 1. The van der Waals surface area contributed by atoms with Crippen LogP contribution in [0, 0.1) is 11.8 Å². The van der Waals surface area contributed by atoms with Gasteiger partial charge in [-0.1, -0.05) is 39.5 Å². The first-order valence-electron chi connectivity index (χ1n) is 6.44. The Morgan fingerprint density at radius 3 is 2.53 bits per heavy atom. The molecule has 0 aromatic carbocycles. The zero-order chi connectivity index (χ0) is 11.1. The molecule has 90 valence electrons. The first-order valence-corrected chi connectivity index (χ1v) is 7.59. The minimum atomic E-state index is -0.0507. The van der Waals surface area contributed by atoms with Crippen LogP contribution in [0.5, 0.6) is 0 Å². The van der Waals surface area contributed by atoms with E-state index in [2.05, 4.69) is 13.8 Å². The number of thioether (sulfide) groups is 1. The van der Waals surface area contributed by atoms with Crippen molar-refractivity contribution in [2.45, 2.75) is 58.5 Å². The fourth-order valence-corrected chi connectivity index (χ4v) is 3.45. The fourth-order valence-electron chi connectivity index (χ4n) is 2.24. The Morgan fingerprint density at radius 2 is 1.93 bits per heavy atom. The molecule has 0 amide bonds. The molecule has 1 aliphatic rings. The predicted octanol–water partition coefficient (Wildman–Crippen LogP) is 3.71. The highest BCUT2D eigenvalue weighted by Crippen LogP contribution is 2.29. The molecule has 0 saturated heterocycles. The summed E-state index contributed by atoms with van der Waals surface area (Å²) in [5.74, 6) is 3.78. The van der Waals surface area contributed by atoms with E-state index in [0.29, 0.717) is 0 Å². The molecule has 1 nitrogen and oxygen atoms in total. The van der Waals surface area contributed by atoms with Gasteiger partial charge in [-0.25, -0.2) is 0 Å². The first-order chi connectivity index (χ1) is 7.18. The van der Waals surface area contributed by atoms with E-state index in [1.807, 2.05) is 11.8 Å². The summed E-state index contributed by atoms with van der Waals surface area (Å²) in [5, 5.41) is 9.85. The molecule has 1 fully saturated rings. The van der Waals surface area contributed by atoms with E-state index in [0.717, 1.165) is 24.0 Å². The van der Waals surface area contributed by atoms with Gasteiger partial charge in [0, 0.05) is 5.75 Å². The van der Waals surface area contributed by atoms with Crippen molar-refractivity contribution in [2.24, 2.45) is 11.8 Å². The van der Waals surface area contributed by atoms with Crippen LogP contribution in [0.3, 0.4) is 0 Å². The molecule has 15 heavy (non-hydrogen) atoms. The van der Waals surface area contributed by atoms with E-state index in [1.165, 1.54) is 37.9 Å². The van der Waals surface area contributed by atoms with Crippen molar-refractivity contribution >= 4 is 11.8 Å². The molecule has 0 bridgehead atoms. The van der Waals surface area contributed by atoms with Crippen molar-refractivity contribution in [1.82, 2.24) is 0 Å². The third-order valence-corrected chi connectivity index (χ3v) is 4.37. The van der Waals surface area contributed by atoms with Crippen LogP contribution in [0.25, 0.3) is 0 Å². The maximum Gasteiger partial charge on any atom is 0.0633 e. The lowest BCUT2D eigenvalue weighted by Crippen LogP contribution is -2.14. The van der Waals surface area contributed by atoms with Crippen LogP contribution in [-0.2, 0) is 0 Å². The van der Waals surface area contributed by atoms with Gasteiger partial charge in [-0.15, -0.1) is 0 Å². The second kappa shape index (κ2) is 7.56. The zero-order valence-corrected chi connectivity index (χ0v) is 11.1. The molecule has 0 aromatic rings. The van der Waals surface area contributed by atoms with Gasteiger partial charge in [0.2, 0.25) is 0 Å². The molecule has 0 aliphatic heterocycles. The number of rotatable bonds is 7. The van der Waals surface area contributed by atoms with E-state index in [1.54, 1.807) is 0 Å². The minimum Gasteiger partial charge on any atom is -0.392 e. The Morgan fingerprint density at radius 1 is 1.27 bits per heavy atom. The van der Waals surface area contributed by atoms with Crippen LogP contribution in [0.1, 0.15) is 52.4 Å². The molecule has 1 atom stereocenters. The van der Waals surface area contributed by atoms with Crippen LogP contribution in [0.4, 0.5) is 0 Å². The standard InChI is InChI=1S/C13H26OS/c1-11(2)7-8-15-10-13(14)9-12-5-3-4-6-12/h11-14H,3-10H2,1-2H3. The Kier molecular flexibility index (Phi) is 6.74. The predicted molar refractivity (Wildman–Crippen MR) is 69.4 cm³/mol. The molecule has 0 aromatic heterocycles. The van der Waals surface area contributed by atoms with Crippen molar-refractivity contribution in [3.05, 3.63) is 0 Å². The van der Waals surface area contributed by atoms with Crippen molar-refractivity contribution in [3.63, 3.8) is 0 Å². The normalized spacial score (nSPS) is 20.0. The van der Waals surface area contributed by atoms with Crippen molar-refractivity contribution in [2.75, 3.05) is 11.5 Å². The van der Waals surface area contributed by atoms with Crippen molar-refractivity contribution in [1.29, 1.82) is 0 Å². The van der Waals surface area contributed by atoms with Crippen molar-refractivity contribution < 1.29 is 5.11 Å². The Hall–Kier alpha value is 0.310. The molecule has 1 aliphatic carbocycles. The third-order valence-electron chi connectivity index (χ3n) is 3.23. The van der Waals surface area contributed by atoms with Gasteiger partial charge in [0.15, 0.2) is 0 Å². The topological polar surface area (TPSA) is 20.2 Å². The number of hydrogen-bond donors (Lipinski definition) is 1. The molecular weight excluding hydrogens is 204 g/mol. The van der Waals surface area contributed by atoms with Gasteiger partial charge in [0.05, 0.1) is 6.10 Å². The van der Waals surface area contributed by atoms with E-state index in [-0.39, 0.29) is 6.10 Å². The van der Waals surface area contributed by atoms with Crippen LogP contribution >= 0.6 is 11.8 Å². The maximum atomic E-state index is 9.85. The maximum absolute atomic E-state index is 9.85. The Labute approximate surface area is 99.0 Å². The Bertz CT molecular complexity index is 153. The first kappa shape index (κ1) is 13.4. The van der Waals surface area contributed by atoms with Crippen LogP contribution in [0.15, 0.2) is 0 Å². The molecule has 0 spiro atoms. The average Bonchev–Trinajstić information content (AvgIpc) is 2.64. The van der Waals surface area contributed by atoms with Gasteiger partial charge in [0.25, 0.3) is 0 Å². The second-order valence-corrected chi connectivity index (χ2v) is 6.45. The van der Waals surface area contributed by atoms with Gasteiger partial charge in [-0.2, -0.15) is 11.8 Å². The van der Waals surface area contributed by atoms with Gasteiger partial charge >= 0.3 is 0 Å². The summed E-state index contributed by atoms with van der Waals surface area (Å²) in [6.45, 7) is 4.52. The summed E-state index contributed by atoms with van der Waals surface area (Å²) in [5.41, 5.74) is 0. The second-order valence-electron chi connectivity index (χ2n) is 5.30. The third kappa shape index (κ3) is 6.47. The molecule has 1 unspecified atom stereocenters. The summed E-state index contributed by atoms with van der Waals surface area (Å²) in [6.07, 6.45) is 7.76. The van der Waals surface area contributed by atoms with E-state index in [4.69, 9.17) is 0 Å². The zero-order valence-electron chi connectivity index (χ0n) is 10.2. The lowest BCUT2D eigenvalue weighted by Gasteiger charge is -2.15. The molecule has 2 heteroatoms. The molecule has 1 N–H and O–H groups in total. The quantitative estimate of drug-likeness (QED) is 0.673. The van der Waals surface area contributed by atoms with Gasteiger partial charge in [-0.3, -0.25) is 0 Å². The SMILES string of the molecule is CC(C)CCSCC(O)CC1CCCC1. The monoisotopic (exact) mass is 230 g/mol. The lowest BCUT2D eigenvalue weighted by molar-refractivity contribution is 0.166. The van der Waals surface area contributed by atoms with Gasteiger partial charge in [0.1, 0.15) is 0 Å². The molecular formula is C13H26OS. The summed E-state index contributed by atoms with van der Waals surface area (Å²) in [4.78, 5) is 0. The van der Waals surface area contributed by atoms with Crippen molar-refractivity contribution in [3.8, 4) is 0 Å². The summed E-state index contributed by atoms with van der Waals surface area (Å²) < 4.78 is 0. The lowest BCUT2D eigenvalue weighted by atomic mass is 10.0. The highest BCUT2D eigenvalue weighted by Gasteiger charge is 2.18. The minimum absolute atomic E-state index is 0.0507. The smallest absolute Gasteiger partial charge is 0.0633 e. The van der Waals surface area contributed by atoms with Crippen LogP contribution in [0.2, 0.25) is 0 Å². The molecule has 0 radical (unpaired) electrons. The van der Waals surface area contributed by atoms with Crippen LogP contribution < -0.4 is 0 Å². The summed E-state index contributed by atoms with van der Waals surface area (Å²) in [7, 11) is 0. The van der Waals surface area contributed by atoms with E-state index >= 15 is 0 Å². The Balaban J connectivity index is 1.95. The number of aliphatic hydroxyl groups excluding tert-OH is 1. The largest absolute Gasteiger partial charge is 0.392 e. The number of hydrogen-bond acceptors (Lipinski definition) is 2.